The van der Waals surface area contributed by atoms with E-state index in [2.05, 4.69) is 6.07 Å². The number of benzene rings is 2. The molecule has 148 valence electrons. The van der Waals surface area contributed by atoms with Crippen molar-refractivity contribution in [3.8, 4) is 6.07 Å². The molecule has 3 rings (SSSR count). The van der Waals surface area contributed by atoms with E-state index in [9.17, 15) is 18.2 Å². The minimum Gasteiger partial charge on any atom is -0.282 e. The lowest BCUT2D eigenvalue weighted by Crippen LogP contribution is -2.36. The van der Waals surface area contributed by atoms with Gasteiger partial charge in [0.1, 0.15) is 0 Å². The SMILES string of the molecule is Cc1ccc(S(=O)(=O)O)c(CCC(C#N)(c2ccccc2)C2CCCCC2)c1. The summed E-state index contributed by atoms with van der Waals surface area (Å²) in [5.41, 5.74) is 1.86. The van der Waals surface area contributed by atoms with Crippen LogP contribution in [0.25, 0.3) is 0 Å². The first-order valence-corrected chi connectivity index (χ1v) is 11.3. The van der Waals surface area contributed by atoms with Crippen LogP contribution in [0.3, 0.4) is 0 Å². The number of hydrogen-bond donors (Lipinski definition) is 1. The van der Waals surface area contributed by atoms with E-state index in [4.69, 9.17) is 0 Å². The van der Waals surface area contributed by atoms with Gasteiger partial charge in [-0.05, 0) is 55.7 Å². The zero-order valence-electron chi connectivity index (χ0n) is 16.3. The van der Waals surface area contributed by atoms with E-state index < -0.39 is 15.5 Å². The Balaban J connectivity index is 2.00. The first-order chi connectivity index (χ1) is 13.4. The molecule has 4 nitrogen and oxygen atoms in total. The second kappa shape index (κ2) is 8.46. The molecule has 1 saturated carbocycles. The molecule has 2 aromatic carbocycles. The van der Waals surface area contributed by atoms with E-state index in [1.807, 2.05) is 37.3 Å². The minimum atomic E-state index is -4.30. The summed E-state index contributed by atoms with van der Waals surface area (Å²) in [4.78, 5) is -0.0540. The molecule has 1 aliphatic carbocycles. The smallest absolute Gasteiger partial charge is 0.282 e. The molecule has 1 aliphatic rings. The molecule has 0 aromatic heterocycles. The molecule has 0 spiro atoms. The highest BCUT2D eigenvalue weighted by Gasteiger charge is 2.41. The fraction of sp³-hybridized carbons (Fsp3) is 0.435. The van der Waals surface area contributed by atoms with E-state index in [0.717, 1.165) is 36.8 Å². The molecule has 1 fully saturated rings. The molecule has 0 bridgehead atoms. The van der Waals surface area contributed by atoms with Crippen molar-refractivity contribution in [3.63, 3.8) is 0 Å². The third-order valence-electron chi connectivity index (χ3n) is 6.07. The Labute approximate surface area is 168 Å². The summed E-state index contributed by atoms with van der Waals surface area (Å²) in [7, 11) is -4.30. The van der Waals surface area contributed by atoms with E-state index in [0.29, 0.717) is 18.4 Å². The molecule has 0 amide bonds. The predicted molar refractivity (Wildman–Crippen MR) is 110 cm³/mol. The zero-order valence-corrected chi connectivity index (χ0v) is 17.1. The van der Waals surface area contributed by atoms with Crippen LogP contribution >= 0.6 is 0 Å². The fourth-order valence-electron chi connectivity index (χ4n) is 4.61. The Kier molecular flexibility index (Phi) is 6.22. The quantitative estimate of drug-likeness (QED) is 0.678. The molecule has 1 unspecified atom stereocenters. The summed E-state index contributed by atoms with van der Waals surface area (Å²) in [6.07, 6.45) is 6.45. The monoisotopic (exact) mass is 397 g/mol. The number of hydrogen-bond acceptors (Lipinski definition) is 3. The molecule has 1 N–H and O–H groups in total. The van der Waals surface area contributed by atoms with Gasteiger partial charge < -0.3 is 0 Å². The highest BCUT2D eigenvalue weighted by Crippen LogP contribution is 2.44. The van der Waals surface area contributed by atoms with Crippen LogP contribution in [0.2, 0.25) is 0 Å². The first-order valence-electron chi connectivity index (χ1n) is 9.90. The summed E-state index contributed by atoms with van der Waals surface area (Å²) in [5, 5.41) is 10.3. The lowest BCUT2D eigenvalue weighted by atomic mass is 9.63. The van der Waals surface area contributed by atoms with Crippen molar-refractivity contribution in [3.05, 3.63) is 65.2 Å². The maximum absolute atomic E-state index is 11.8. The first kappa shape index (κ1) is 20.6. The van der Waals surface area contributed by atoms with Crippen LogP contribution in [0.5, 0.6) is 0 Å². The molecular weight excluding hydrogens is 370 g/mol. The highest BCUT2D eigenvalue weighted by atomic mass is 32.2. The third kappa shape index (κ3) is 4.29. The number of aryl methyl sites for hydroxylation is 2. The van der Waals surface area contributed by atoms with Crippen molar-refractivity contribution in [2.24, 2.45) is 5.92 Å². The number of rotatable bonds is 6. The van der Waals surface area contributed by atoms with Gasteiger partial charge in [-0.15, -0.1) is 0 Å². The summed E-state index contributed by atoms with van der Waals surface area (Å²) in [5.74, 6) is 0.257. The second-order valence-electron chi connectivity index (χ2n) is 7.87. The van der Waals surface area contributed by atoms with E-state index in [1.54, 1.807) is 12.1 Å². The van der Waals surface area contributed by atoms with Crippen molar-refractivity contribution in [1.29, 1.82) is 5.26 Å². The van der Waals surface area contributed by atoms with E-state index >= 15 is 0 Å². The van der Waals surface area contributed by atoms with Gasteiger partial charge in [0, 0.05) is 0 Å². The van der Waals surface area contributed by atoms with Crippen LogP contribution in [-0.4, -0.2) is 13.0 Å². The van der Waals surface area contributed by atoms with Crippen molar-refractivity contribution in [2.75, 3.05) is 0 Å². The highest BCUT2D eigenvalue weighted by molar-refractivity contribution is 7.85. The Morgan fingerprint density at radius 2 is 1.79 bits per heavy atom. The Morgan fingerprint density at radius 3 is 2.39 bits per heavy atom. The lowest BCUT2D eigenvalue weighted by Gasteiger charge is -2.38. The maximum Gasteiger partial charge on any atom is 0.294 e. The molecule has 28 heavy (non-hydrogen) atoms. The average Bonchev–Trinajstić information content (AvgIpc) is 2.69. The van der Waals surface area contributed by atoms with E-state index in [1.165, 1.54) is 12.5 Å². The molecular formula is C23H27NO3S. The standard InChI is InChI=1S/C23H27NO3S/c1-18-12-13-22(28(25,26)27)19(16-18)14-15-23(17-24,20-8-4-2-5-9-20)21-10-6-3-7-11-21/h2,4-5,8-9,12-13,16,21H,3,6-7,10-11,14-15H2,1H3,(H,25,26,27). The molecule has 5 heteroatoms. The van der Waals surface area contributed by atoms with Crippen LogP contribution < -0.4 is 0 Å². The van der Waals surface area contributed by atoms with Crippen LogP contribution in [-0.2, 0) is 22.0 Å². The van der Waals surface area contributed by atoms with Gasteiger partial charge in [-0.25, -0.2) is 0 Å². The molecule has 0 saturated heterocycles. The molecule has 0 radical (unpaired) electrons. The summed E-state index contributed by atoms with van der Waals surface area (Å²) in [6, 6.07) is 17.5. The average molecular weight is 398 g/mol. The summed E-state index contributed by atoms with van der Waals surface area (Å²) >= 11 is 0. The summed E-state index contributed by atoms with van der Waals surface area (Å²) < 4.78 is 33.3. The van der Waals surface area contributed by atoms with Crippen molar-refractivity contribution >= 4 is 10.1 Å². The van der Waals surface area contributed by atoms with Gasteiger partial charge >= 0.3 is 0 Å². The van der Waals surface area contributed by atoms with Gasteiger partial charge in [-0.2, -0.15) is 13.7 Å². The van der Waals surface area contributed by atoms with Crippen molar-refractivity contribution in [2.45, 2.75) is 62.2 Å². The normalized spacial score (nSPS) is 17.6. The van der Waals surface area contributed by atoms with Crippen LogP contribution in [0.1, 0.15) is 55.2 Å². The van der Waals surface area contributed by atoms with Crippen molar-refractivity contribution < 1.29 is 13.0 Å². The van der Waals surface area contributed by atoms with Gasteiger partial charge in [0.15, 0.2) is 0 Å². The van der Waals surface area contributed by atoms with Gasteiger partial charge in [-0.3, -0.25) is 4.55 Å². The van der Waals surface area contributed by atoms with Gasteiger partial charge in [0.25, 0.3) is 10.1 Å². The molecule has 2 aromatic rings. The maximum atomic E-state index is 11.8. The topological polar surface area (TPSA) is 78.2 Å². The molecule has 0 aliphatic heterocycles. The lowest BCUT2D eigenvalue weighted by molar-refractivity contribution is 0.239. The van der Waals surface area contributed by atoms with Crippen molar-refractivity contribution in [1.82, 2.24) is 0 Å². The van der Waals surface area contributed by atoms with Gasteiger partial charge in [0.2, 0.25) is 0 Å². The molecule has 1 atom stereocenters. The predicted octanol–water partition coefficient (Wildman–Crippen LogP) is 5.22. The summed E-state index contributed by atoms with van der Waals surface area (Å²) in [6.45, 7) is 1.90. The van der Waals surface area contributed by atoms with Crippen LogP contribution in [0.4, 0.5) is 0 Å². The van der Waals surface area contributed by atoms with Gasteiger partial charge in [-0.1, -0.05) is 67.3 Å². The second-order valence-corrected chi connectivity index (χ2v) is 9.26. The third-order valence-corrected chi connectivity index (χ3v) is 7.03. The van der Waals surface area contributed by atoms with E-state index in [-0.39, 0.29) is 10.8 Å². The Bertz CT molecular complexity index is 957. The van der Waals surface area contributed by atoms with Gasteiger partial charge in [0.05, 0.1) is 16.4 Å². The Hall–Kier alpha value is -2.16. The number of nitriles is 1. The largest absolute Gasteiger partial charge is 0.294 e. The zero-order chi connectivity index (χ0) is 20.2. The Morgan fingerprint density at radius 1 is 1.11 bits per heavy atom. The van der Waals surface area contributed by atoms with Crippen LogP contribution in [0, 0.1) is 24.2 Å². The fourth-order valence-corrected chi connectivity index (χ4v) is 5.35. The minimum absolute atomic E-state index is 0.0540. The van der Waals surface area contributed by atoms with Crippen LogP contribution in [0.15, 0.2) is 53.4 Å². The molecule has 0 heterocycles. The number of nitrogens with zero attached hydrogens (tertiary/aromatic N) is 1.